The van der Waals surface area contributed by atoms with E-state index in [4.69, 9.17) is 16.3 Å². The molecule has 132 valence electrons. The summed E-state index contributed by atoms with van der Waals surface area (Å²) in [6.07, 6.45) is 4.36. The van der Waals surface area contributed by atoms with Gasteiger partial charge >= 0.3 is 0 Å². The van der Waals surface area contributed by atoms with E-state index in [1.807, 2.05) is 30.3 Å². The average molecular weight is 361 g/mol. The molecule has 1 atom stereocenters. The Hall–Kier alpha value is -1.58. The molecule has 0 radical (unpaired) electrons. The maximum atomic E-state index is 13.5. The topological polar surface area (TPSA) is 29.5 Å². The van der Waals surface area contributed by atoms with Gasteiger partial charge in [0, 0.05) is 15.9 Å². The monoisotopic (exact) mass is 360 g/mol. The molecule has 2 aliphatic carbocycles. The molecule has 2 fully saturated rings. The molecular weight excluding hydrogens is 339 g/mol. The number of benzene rings is 2. The second kappa shape index (κ2) is 6.30. The van der Waals surface area contributed by atoms with Crippen molar-refractivity contribution in [1.82, 2.24) is 0 Å². The van der Waals surface area contributed by atoms with Crippen LogP contribution in [0.3, 0.4) is 0 Å². The van der Waals surface area contributed by atoms with Crippen molar-refractivity contribution in [3.05, 3.63) is 64.9 Å². The van der Waals surface area contributed by atoms with Crippen molar-refractivity contribution in [2.45, 2.75) is 38.2 Å². The third-order valence-corrected chi connectivity index (χ3v) is 6.39. The fraction of sp³-hybridized carbons (Fsp3) is 0.429. The number of hydrogen-bond acceptors (Lipinski definition) is 2. The Morgan fingerprint density at radius 3 is 2.48 bits per heavy atom. The molecular formula is C21H22ClFO2. The maximum Gasteiger partial charge on any atom is 0.123 e. The first kappa shape index (κ1) is 16.9. The van der Waals surface area contributed by atoms with Crippen molar-refractivity contribution < 1.29 is 14.2 Å². The lowest BCUT2D eigenvalue weighted by Gasteiger charge is -2.32. The highest BCUT2D eigenvalue weighted by atomic mass is 35.5. The molecule has 25 heavy (non-hydrogen) atoms. The van der Waals surface area contributed by atoms with Crippen LogP contribution in [0.5, 0.6) is 5.75 Å². The molecule has 2 aromatic carbocycles. The summed E-state index contributed by atoms with van der Waals surface area (Å²) >= 11 is 5.91. The molecule has 0 heterocycles. The second-order valence-corrected chi connectivity index (χ2v) is 8.18. The van der Waals surface area contributed by atoms with Gasteiger partial charge < -0.3 is 9.84 Å². The first-order chi connectivity index (χ1) is 12.0. The number of hydrogen-bond donors (Lipinski definition) is 1. The highest BCUT2D eigenvalue weighted by molar-refractivity contribution is 6.30. The standard InChI is InChI=1S/C21H22ClFO2/c22-16-4-6-18(7-5-16)25-14-20-8-10-21(13-20,11-9-20)19(24)15-2-1-3-17(23)12-15/h1-7,12,19,24H,8-11,13-14H2/t19-,20?,21?/m0/s1. The highest BCUT2D eigenvalue weighted by Crippen LogP contribution is 2.65. The predicted octanol–water partition coefficient (Wildman–Crippen LogP) is 5.54. The number of rotatable bonds is 5. The van der Waals surface area contributed by atoms with Gasteiger partial charge in [-0.05, 0) is 74.1 Å². The Morgan fingerprint density at radius 1 is 1.08 bits per heavy atom. The van der Waals surface area contributed by atoms with E-state index in [0.29, 0.717) is 17.2 Å². The Morgan fingerprint density at radius 2 is 1.80 bits per heavy atom. The van der Waals surface area contributed by atoms with Crippen molar-refractivity contribution in [3.8, 4) is 5.75 Å². The molecule has 0 amide bonds. The Bertz CT molecular complexity index is 751. The molecule has 2 nitrogen and oxygen atoms in total. The van der Waals surface area contributed by atoms with Crippen LogP contribution < -0.4 is 4.74 Å². The van der Waals surface area contributed by atoms with Gasteiger partial charge in [0.15, 0.2) is 0 Å². The second-order valence-electron chi connectivity index (χ2n) is 7.74. The number of aliphatic hydroxyl groups excluding tert-OH is 1. The van der Waals surface area contributed by atoms with Crippen LogP contribution in [0.15, 0.2) is 48.5 Å². The van der Waals surface area contributed by atoms with E-state index in [1.54, 1.807) is 6.07 Å². The van der Waals surface area contributed by atoms with Gasteiger partial charge in [0.1, 0.15) is 11.6 Å². The molecule has 0 spiro atoms. The zero-order valence-electron chi connectivity index (χ0n) is 14.1. The van der Waals surface area contributed by atoms with Gasteiger partial charge in [-0.15, -0.1) is 0 Å². The largest absolute Gasteiger partial charge is 0.493 e. The van der Waals surface area contributed by atoms with E-state index >= 15 is 0 Å². The Balaban J connectivity index is 1.46. The smallest absolute Gasteiger partial charge is 0.123 e. The first-order valence-electron chi connectivity index (χ1n) is 8.82. The van der Waals surface area contributed by atoms with Crippen LogP contribution in [-0.2, 0) is 0 Å². The number of aliphatic hydroxyl groups is 1. The third kappa shape index (κ3) is 3.16. The average Bonchev–Trinajstić information content (AvgIpc) is 3.18. The van der Waals surface area contributed by atoms with Gasteiger partial charge in [-0.3, -0.25) is 0 Å². The molecule has 0 aromatic heterocycles. The first-order valence-corrected chi connectivity index (χ1v) is 9.20. The van der Waals surface area contributed by atoms with Crippen LogP contribution in [0.25, 0.3) is 0 Å². The molecule has 2 aliphatic rings. The van der Waals surface area contributed by atoms with Crippen molar-refractivity contribution >= 4 is 11.6 Å². The van der Waals surface area contributed by atoms with Crippen LogP contribution in [-0.4, -0.2) is 11.7 Å². The van der Waals surface area contributed by atoms with E-state index in [0.717, 1.165) is 37.9 Å². The van der Waals surface area contributed by atoms with Gasteiger partial charge in [0.05, 0.1) is 12.7 Å². The van der Waals surface area contributed by atoms with E-state index < -0.39 is 6.10 Å². The number of ether oxygens (including phenoxy) is 1. The highest BCUT2D eigenvalue weighted by Gasteiger charge is 2.57. The summed E-state index contributed by atoms with van der Waals surface area (Å²) in [4.78, 5) is 0. The lowest BCUT2D eigenvalue weighted by atomic mass is 9.76. The lowest BCUT2D eigenvalue weighted by Crippen LogP contribution is -2.24. The summed E-state index contributed by atoms with van der Waals surface area (Å²) in [6.45, 7) is 0.659. The van der Waals surface area contributed by atoms with Crippen molar-refractivity contribution in [3.63, 3.8) is 0 Å². The van der Waals surface area contributed by atoms with E-state index in [9.17, 15) is 9.50 Å². The van der Waals surface area contributed by atoms with Gasteiger partial charge in [-0.2, -0.15) is 0 Å². The number of halogens is 2. The molecule has 2 aromatic rings. The van der Waals surface area contributed by atoms with E-state index in [2.05, 4.69) is 0 Å². The van der Waals surface area contributed by atoms with Crippen LogP contribution in [0.2, 0.25) is 5.02 Å². The fourth-order valence-corrected chi connectivity index (χ4v) is 4.87. The third-order valence-electron chi connectivity index (χ3n) is 6.14. The van der Waals surface area contributed by atoms with Crippen molar-refractivity contribution in [1.29, 1.82) is 0 Å². The minimum atomic E-state index is -0.608. The molecule has 2 bridgehead atoms. The lowest BCUT2D eigenvalue weighted by molar-refractivity contribution is 0.0294. The quantitative estimate of drug-likeness (QED) is 0.758. The van der Waals surface area contributed by atoms with E-state index in [1.165, 1.54) is 12.1 Å². The molecule has 4 heteroatoms. The fourth-order valence-electron chi connectivity index (χ4n) is 4.74. The molecule has 0 saturated heterocycles. The molecule has 2 saturated carbocycles. The van der Waals surface area contributed by atoms with Crippen LogP contribution >= 0.6 is 11.6 Å². The summed E-state index contributed by atoms with van der Waals surface area (Å²) in [5, 5.41) is 11.6. The zero-order chi connectivity index (χ0) is 17.5. The van der Waals surface area contributed by atoms with Gasteiger partial charge in [0.25, 0.3) is 0 Å². The Kier molecular flexibility index (Phi) is 4.25. The van der Waals surface area contributed by atoms with Crippen LogP contribution in [0, 0.1) is 16.6 Å². The zero-order valence-corrected chi connectivity index (χ0v) is 14.8. The minimum Gasteiger partial charge on any atom is -0.493 e. The molecule has 0 unspecified atom stereocenters. The van der Waals surface area contributed by atoms with Gasteiger partial charge in [0.2, 0.25) is 0 Å². The molecule has 4 rings (SSSR count). The van der Waals surface area contributed by atoms with Crippen molar-refractivity contribution in [2.24, 2.45) is 10.8 Å². The summed E-state index contributed by atoms with van der Waals surface area (Å²) < 4.78 is 19.5. The van der Waals surface area contributed by atoms with Crippen molar-refractivity contribution in [2.75, 3.05) is 6.61 Å². The summed E-state index contributed by atoms with van der Waals surface area (Å²) in [5.41, 5.74) is 0.668. The summed E-state index contributed by atoms with van der Waals surface area (Å²) in [6, 6.07) is 13.8. The predicted molar refractivity (Wildman–Crippen MR) is 96.3 cm³/mol. The Labute approximate surface area is 152 Å². The SMILES string of the molecule is O[C@@H](c1cccc(F)c1)C12CCC(COc3ccc(Cl)cc3)(CC1)C2. The maximum absolute atomic E-state index is 13.5. The van der Waals surface area contributed by atoms with Gasteiger partial charge in [-0.1, -0.05) is 23.7 Å². The minimum absolute atomic E-state index is 0.119. The van der Waals surface area contributed by atoms with Crippen LogP contribution in [0.1, 0.15) is 43.8 Å². The molecule has 1 N–H and O–H groups in total. The summed E-state index contributed by atoms with van der Waals surface area (Å²) in [7, 11) is 0. The van der Waals surface area contributed by atoms with Gasteiger partial charge in [-0.25, -0.2) is 4.39 Å². The molecule has 0 aliphatic heterocycles. The van der Waals surface area contributed by atoms with E-state index in [-0.39, 0.29) is 16.6 Å². The normalized spacial score (nSPS) is 28.9. The van der Waals surface area contributed by atoms with Crippen LogP contribution in [0.4, 0.5) is 4.39 Å². The number of fused-ring (bicyclic) bond motifs is 2. The summed E-state index contributed by atoms with van der Waals surface area (Å²) in [5.74, 6) is 0.537.